The average Bonchev–Trinajstić information content (AvgIpc) is 3.59. The highest BCUT2D eigenvalue weighted by atomic mass is 32.2. The molecular weight excluding hydrogens is 550 g/mol. The van der Waals surface area contributed by atoms with E-state index in [2.05, 4.69) is 20.8 Å². The molecule has 0 unspecified atom stereocenters. The SMILES string of the molecule is Cc1ccccc1CNC(=O)[C@H]1N(C(=O)[C@@H](O)[C@H](Cc2ccccc2)NC(=O)c2cccc3[nH]ncc23)CSC1(C)C. The number of aryl methyl sites for hydroxylation is 1. The lowest BCUT2D eigenvalue weighted by Gasteiger charge is -2.33. The second-order valence-electron chi connectivity index (χ2n) is 11.1. The molecule has 0 aliphatic carbocycles. The second kappa shape index (κ2) is 12.4. The molecule has 10 heteroatoms. The first kappa shape index (κ1) is 29.3. The van der Waals surface area contributed by atoms with Gasteiger partial charge in [-0.15, -0.1) is 11.8 Å². The van der Waals surface area contributed by atoms with Crippen LogP contribution in [0.4, 0.5) is 0 Å². The number of hydrogen-bond acceptors (Lipinski definition) is 6. The van der Waals surface area contributed by atoms with Crippen LogP contribution in [-0.4, -0.2) is 66.7 Å². The fourth-order valence-electron chi connectivity index (χ4n) is 5.36. The largest absolute Gasteiger partial charge is 0.381 e. The maximum Gasteiger partial charge on any atom is 0.254 e. The number of aliphatic hydroxyl groups excluding tert-OH is 1. The Morgan fingerprint density at radius 1 is 1.07 bits per heavy atom. The second-order valence-corrected chi connectivity index (χ2v) is 12.7. The number of aromatic nitrogens is 2. The van der Waals surface area contributed by atoms with Crippen LogP contribution in [0.1, 0.15) is 40.9 Å². The molecule has 3 aromatic carbocycles. The lowest BCUT2D eigenvalue weighted by molar-refractivity contribution is -0.147. The van der Waals surface area contributed by atoms with Gasteiger partial charge < -0.3 is 20.6 Å². The fourth-order valence-corrected chi connectivity index (χ4v) is 6.50. The number of carbonyl (C=O) groups excluding carboxylic acids is 3. The first-order valence-electron chi connectivity index (χ1n) is 13.9. The predicted octanol–water partition coefficient (Wildman–Crippen LogP) is 3.57. The number of benzene rings is 3. The van der Waals surface area contributed by atoms with Crippen molar-refractivity contribution in [3.63, 3.8) is 0 Å². The number of aromatic amines is 1. The summed E-state index contributed by atoms with van der Waals surface area (Å²) < 4.78 is -0.583. The van der Waals surface area contributed by atoms with Crippen molar-refractivity contribution in [2.24, 2.45) is 0 Å². The van der Waals surface area contributed by atoms with Crippen LogP contribution in [0.3, 0.4) is 0 Å². The number of amides is 3. The van der Waals surface area contributed by atoms with Gasteiger partial charge in [0.15, 0.2) is 6.10 Å². The fraction of sp³-hybridized carbons (Fsp3) is 0.312. The standard InChI is InChI=1S/C32H35N5O4S/c1-20-10-7-8-13-22(20)17-33-30(40)28-32(2,3)42-19-37(28)31(41)27(38)26(16-21-11-5-4-6-12-21)35-29(39)23-14-9-15-25-24(23)18-34-36-25/h4-15,18,26-28,38H,16-17,19H2,1-3H3,(H,33,40)(H,34,36)(H,35,39)/t26-,27-,28+/m0/s1. The molecule has 218 valence electrons. The zero-order chi connectivity index (χ0) is 29.9. The Morgan fingerprint density at radius 2 is 1.81 bits per heavy atom. The van der Waals surface area contributed by atoms with Crippen LogP contribution in [0.25, 0.3) is 10.9 Å². The number of rotatable bonds is 9. The summed E-state index contributed by atoms with van der Waals surface area (Å²) >= 11 is 1.48. The topological polar surface area (TPSA) is 127 Å². The van der Waals surface area contributed by atoms with Gasteiger partial charge in [-0.2, -0.15) is 5.10 Å². The van der Waals surface area contributed by atoms with Crippen LogP contribution >= 0.6 is 11.8 Å². The summed E-state index contributed by atoms with van der Waals surface area (Å²) in [7, 11) is 0. The minimum absolute atomic E-state index is 0.218. The molecule has 2 heterocycles. The molecule has 0 bridgehead atoms. The Kier molecular flexibility index (Phi) is 8.65. The highest BCUT2D eigenvalue weighted by Gasteiger charge is 2.49. The summed E-state index contributed by atoms with van der Waals surface area (Å²) in [5.41, 5.74) is 3.98. The Labute approximate surface area is 249 Å². The smallest absolute Gasteiger partial charge is 0.254 e. The molecule has 1 aromatic heterocycles. The molecular formula is C32H35N5O4S. The molecule has 5 rings (SSSR count). The Hall–Kier alpha value is -4.15. The lowest BCUT2D eigenvalue weighted by atomic mass is 9.96. The summed E-state index contributed by atoms with van der Waals surface area (Å²) in [4.78, 5) is 42.3. The minimum Gasteiger partial charge on any atom is -0.381 e. The summed E-state index contributed by atoms with van der Waals surface area (Å²) in [5.74, 6) is -1.08. The first-order valence-corrected chi connectivity index (χ1v) is 14.9. The monoisotopic (exact) mass is 585 g/mol. The molecule has 4 N–H and O–H groups in total. The lowest BCUT2D eigenvalue weighted by Crippen LogP contribution is -2.58. The van der Waals surface area contributed by atoms with Gasteiger partial charge in [0.2, 0.25) is 5.91 Å². The average molecular weight is 586 g/mol. The van der Waals surface area contributed by atoms with Gasteiger partial charge in [-0.25, -0.2) is 0 Å². The molecule has 3 atom stereocenters. The number of carbonyl (C=O) groups is 3. The molecule has 4 aromatic rings. The third kappa shape index (κ3) is 6.19. The molecule has 0 radical (unpaired) electrons. The van der Waals surface area contributed by atoms with Crippen molar-refractivity contribution < 1.29 is 19.5 Å². The summed E-state index contributed by atoms with van der Waals surface area (Å²) in [5, 5.41) is 24.9. The van der Waals surface area contributed by atoms with Gasteiger partial charge >= 0.3 is 0 Å². The third-order valence-electron chi connectivity index (χ3n) is 7.77. The number of nitrogens with zero attached hydrogens (tertiary/aromatic N) is 2. The van der Waals surface area contributed by atoms with E-state index in [-0.39, 0.29) is 18.2 Å². The molecule has 1 aliphatic rings. The highest BCUT2D eigenvalue weighted by Crippen LogP contribution is 2.40. The van der Waals surface area contributed by atoms with Gasteiger partial charge in [-0.3, -0.25) is 19.5 Å². The van der Waals surface area contributed by atoms with Gasteiger partial charge in [0.1, 0.15) is 6.04 Å². The molecule has 1 saturated heterocycles. The number of aliphatic hydroxyl groups is 1. The van der Waals surface area contributed by atoms with Gasteiger partial charge in [0, 0.05) is 16.7 Å². The highest BCUT2D eigenvalue weighted by molar-refractivity contribution is 8.00. The third-order valence-corrected chi connectivity index (χ3v) is 9.14. The van der Waals surface area contributed by atoms with Gasteiger partial charge in [0.25, 0.3) is 11.8 Å². The van der Waals surface area contributed by atoms with Crippen molar-refractivity contribution in [3.05, 3.63) is 101 Å². The maximum atomic E-state index is 13.9. The van der Waals surface area contributed by atoms with Crippen LogP contribution in [0.2, 0.25) is 0 Å². The van der Waals surface area contributed by atoms with Crippen LogP contribution < -0.4 is 10.6 Å². The normalized spacial score (nSPS) is 17.5. The van der Waals surface area contributed by atoms with E-state index in [4.69, 9.17) is 0 Å². The van der Waals surface area contributed by atoms with Gasteiger partial charge in [-0.05, 0) is 56.0 Å². The molecule has 9 nitrogen and oxygen atoms in total. The minimum atomic E-state index is -1.58. The van der Waals surface area contributed by atoms with Crippen LogP contribution in [0.15, 0.2) is 79.0 Å². The first-order chi connectivity index (χ1) is 20.2. The molecule has 0 saturated carbocycles. The number of H-pyrrole nitrogens is 1. The number of thioether (sulfide) groups is 1. The molecule has 0 spiro atoms. The van der Waals surface area contributed by atoms with Crippen molar-refractivity contribution >= 4 is 40.4 Å². The van der Waals surface area contributed by atoms with E-state index in [9.17, 15) is 19.5 Å². The summed E-state index contributed by atoms with van der Waals surface area (Å²) in [6.07, 6.45) is 0.204. The van der Waals surface area contributed by atoms with Crippen LogP contribution in [0.5, 0.6) is 0 Å². The maximum absolute atomic E-state index is 13.9. The molecule has 42 heavy (non-hydrogen) atoms. The molecule has 3 amide bonds. The van der Waals surface area contributed by atoms with Crippen molar-refractivity contribution in [2.45, 2.75) is 56.7 Å². The number of nitrogens with one attached hydrogen (secondary N) is 3. The number of fused-ring (bicyclic) bond motifs is 1. The molecule has 1 fully saturated rings. The van der Waals surface area contributed by atoms with Crippen molar-refractivity contribution in [1.29, 1.82) is 0 Å². The Bertz CT molecular complexity index is 1590. The molecule has 1 aliphatic heterocycles. The quantitative estimate of drug-likeness (QED) is 0.238. The van der Waals surface area contributed by atoms with E-state index < -0.39 is 34.7 Å². The van der Waals surface area contributed by atoms with Crippen molar-refractivity contribution in [2.75, 3.05) is 5.88 Å². The summed E-state index contributed by atoms with van der Waals surface area (Å²) in [6.45, 7) is 6.16. The van der Waals surface area contributed by atoms with E-state index in [1.807, 2.05) is 81.4 Å². The Balaban J connectivity index is 1.37. The van der Waals surface area contributed by atoms with E-state index in [0.29, 0.717) is 23.0 Å². The van der Waals surface area contributed by atoms with Crippen molar-refractivity contribution in [3.8, 4) is 0 Å². The van der Waals surface area contributed by atoms with Gasteiger partial charge in [0.05, 0.1) is 29.2 Å². The zero-order valence-corrected chi connectivity index (χ0v) is 24.7. The number of hydrogen-bond donors (Lipinski definition) is 4. The Morgan fingerprint density at radius 3 is 2.57 bits per heavy atom. The van der Waals surface area contributed by atoms with Crippen molar-refractivity contribution in [1.82, 2.24) is 25.7 Å². The van der Waals surface area contributed by atoms with Crippen LogP contribution in [0, 0.1) is 6.92 Å². The van der Waals surface area contributed by atoms with E-state index in [1.165, 1.54) is 16.7 Å². The van der Waals surface area contributed by atoms with E-state index in [1.54, 1.807) is 18.3 Å². The van der Waals surface area contributed by atoms with E-state index >= 15 is 0 Å². The van der Waals surface area contributed by atoms with Gasteiger partial charge in [-0.1, -0.05) is 60.7 Å². The summed E-state index contributed by atoms with van der Waals surface area (Å²) in [6, 6.07) is 20.7. The van der Waals surface area contributed by atoms with E-state index in [0.717, 1.165) is 16.7 Å². The zero-order valence-electron chi connectivity index (χ0n) is 23.8. The predicted molar refractivity (Wildman–Crippen MR) is 164 cm³/mol. The van der Waals surface area contributed by atoms with Crippen LogP contribution in [-0.2, 0) is 22.6 Å².